The van der Waals surface area contributed by atoms with Gasteiger partial charge in [0.05, 0.1) is 39.2 Å². The Morgan fingerprint density at radius 3 is 0.656 bits per heavy atom. The van der Waals surface area contributed by atoms with Gasteiger partial charge in [-0.15, -0.1) is 27.7 Å². The number of ether oxygens (including phenoxy) is 4. The van der Waals surface area contributed by atoms with Gasteiger partial charge in [0.1, 0.15) is 64.0 Å². The summed E-state index contributed by atoms with van der Waals surface area (Å²) in [6.07, 6.45) is 3.62. The van der Waals surface area contributed by atoms with Gasteiger partial charge in [0, 0.05) is 62.9 Å². The van der Waals surface area contributed by atoms with E-state index in [4.69, 9.17) is 64.0 Å². The van der Waals surface area contributed by atoms with E-state index in [0.29, 0.717) is 49.6 Å². The van der Waals surface area contributed by atoms with Gasteiger partial charge in [-0.25, -0.2) is 38.1 Å². The number of rotatable bonds is 18. The van der Waals surface area contributed by atoms with Crippen LogP contribution in [0.4, 0.5) is 4.39 Å². The molecule has 12 aromatic rings. The topological polar surface area (TPSA) is 220 Å². The molecule has 0 aromatic heterocycles. The highest BCUT2D eigenvalue weighted by atomic mass is 35.5. The monoisotopic (exact) mass is 1840 g/mol. The number of hydrogen-bond acceptors (Lipinski definition) is 16. The minimum Gasteiger partial charge on any atom is -0.508 e. The summed E-state index contributed by atoms with van der Waals surface area (Å²) in [7, 11) is -3.05. The lowest BCUT2D eigenvalue weighted by molar-refractivity contribution is -0.0560. The number of phenolic OH excluding ortho intramolecular Hbond substituents is 2. The number of halogens is 4. The van der Waals surface area contributed by atoms with Crippen LogP contribution < -0.4 is 18.9 Å². The fourth-order valence-electron chi connectivity index (χ4n) is 13.9. The molecule has 646 valence electrons. The summed E-state index contributed by atoms with van der Waals surface area (Å²) in [5.74, 6) is 3.56. The minimum atomic E-state index is -3.75. The lowest BCUT2D eigenvalue weighted by atomic mass is 9.78. The van der Waals surface area contributed by atoms with Gasteiger partial charge in [0.15, 0.2) is 0 Å². The van der Waals surface area contributed by atoms with Gasteiger partial charge in [-0.3, -0.25) is 9.80 Å². The Hall–Kier alpha value is -8.75. The lowest BCUT2D eigenvalue weighted by Gasteiger charge is -2.53. The number of piperidine rings is 2. The van der Waals surface area contributed by atoms with Crippen molar-refractivity contribution in [1.82, 2.24) is 9.80 Å². The summed E-state index contributed by atoms with van der Waals surface area (Å²) in [6.45, 7) is 23.5. The van der Waals surface area contributed by atoms with Gasteiger partial charge in [-0.1, -0.05) is 103 Å². The fourth-order valence-corrected chi connectivity index (χ4v) is 19.3. The van der Waals surface area contributed by atoms with Crippen LogP contribution in [-0.4, -0.2) is 122 Å². The molecule has 0 amide bonds. The van der Waals surface area contributed by atoms with Gasteiger partial charge in [0.25, 0.3) is 0 Å². The Labute approximate surface area is 742 Å². The molecular weight excluding hydrogens is 1740 g/mol. The summed E-state index contributed by atoms with van der Waals surface area (Å²) < 4.78 is 140. The van der Waals surface area contributed by atoms with Crippen LogP contribution in [0.1, 0.15) is 81.1 Å². The molecule has 0 aliphatic carbocycles. The van der Waals surface area contributed by atoms with E-state index in [1.807, 2.05) is 92.8 Å². The van der Waals surface area contributed by atoms with Crippen LogP contribution in [0.15, 0.2) is 330 Å². The Morgan fingerprint density at radius 1 is 0.287 bits per heavy atom. The fraction of sp³-hybridized carbons (Fsp3) is 0.242. The lowest BCUT2D eigenvalue weighted by Crippen LogP contribution is -2.60. The van der Waals surface area contributed by atoms with Crippen molar-refractivity contribution in [3.8, 4) is 68.2 Å². The van der Waals surface area contributed by atoms with E-state index in [0.717, 1.165) is 60.1 Å². The SMILES string of the molecule is CN1C(C)(C)CC(Oc2ccc(S(=O)(=O)c3ccc(F)cc3)cc2)CC1(C)C.CN1C(C)(C)CC(Oc2ccc(S(=O)(=O)c3ccc(Oc4ccc(-c5ccc(Oc6ccc(S(=O)(=O)c7ccc(Cl)cc7)cc6)cc5)cc4)cc3)cc2)CC1(C)C.CP.CP.CP.O=S(=O)(c1ccc(Cl)cc1)c1ccc(Cl)cc1.Oc1ccc(-c2ccc(O)cc2)cc1. The third kappa shape index (κ3) is 26.2. The zero-order chi connectivity index (χ0) is 89.8. The van der Waals surface area contributed by atoms with Crippen molar-refractivity contribution in [3.63, 3.8) is 0 Å². The Morgan fingerprint density at radius 2 is 0.451 bits per heavy atom. The average Bonchev–Trinajstić information content (AvgIpc) is 0.757. The van der Waals surface area contributed by atoms with Crippen LogP contribution in [0.25, 0.3) is 22.3 Å². The quantitative estimate of drug-likeness (QED) is 0.0602. The van der Waals surface area contributed by atoms with E-state index in [1.165, 1.54) is 60.7 Å². The highest BCUT2D eigenvalue weighted by molar-refractivity contribution is 7.92. The van der Waals surface area contributed by atoms with Crippen molar-refractivity contribution in [1.29, 1.82) is 0 Å². The minimum absolute atomic E-state index is 0.0122. The largest absolute Gasteiger partial charge is 0.508 e. The van der Waals surface area contributed by atoms with Gasteiger partial charge in [0.2, 0.25) is 39.3 Å². The molecule has 2 saturated heterocycles. The molecule has 0 spiro atoms. The van der Waals surface area contributed by atoms with E-state index < -0.39 is 45.2 Å². The van der Waals surface area contributed by atoms with Crippen molar-refractivity contribution in [3.05, 3.63) is 312 Å². The first-order chi connectivity index (χ1) is 57.7. The number of nitrogens with zero attached hydrogens (tertiary/aromatic N) is 2. The maximum atomic E-state index is 13.5. The average molecular weight is 1850 g/mol. The number of sulfone groups is 4. The van der Waals surface area contributed by atoms with E-state index in [2.05, 4.69) is 107 Å². The van der Waals surface area contributed by atoms with Crippen LogP contribution in [0, 0.1) is 5.82 Å². The third-order valence-corrected chi connectivity index (χ3v) is 28.7. The predicted octanol–water partition coefficient (Wildman–Crippen LogP) is 24.0. The van der Waals surface area contributed by atoms with Crippen LogP contribution in [0.2, 0.25) is 15.1 Å². The van der Waals surface area contributed by atoms with Gasteiger partial charge >= 0.3 is 0 Å². The predicted molar refractivity (Wildman–Crippen MR) is 502 cm³/mol. The number of phenols is 2. The molecule has 0 radical (unpaired) electrons. The summed E-state index contributed by atoms with van der Waals surface area (Å²) in [5.41, 5.74) is 3.94. The molecule has 0 saturated carbocycles. The van der Waals surface area contributed by atoms with Crippen molar-refractivity contribution in [2.75, 3.05) is 34.1 Å². The molecule has 16 nitrogen and oxygen atoms in total. The van der Waals surface area contributed by atoms with Crippen molar-refractivity contribution >= 4 is 102 Å². The Bertz CT molecular complexity index is 5710. The molecule has 3 unspecified atom stereocenters. The van der Waals surface area contributed by atoms with Crippen molar-refractivity contribution in [2.45, 2.75) is 155 Å². The van der Waals surface area contributed by atoms with E-state index in [1.54, 1.807) is 146 Å². The molecule has 122 heavy (non-hydrogen) atoms. The van der Waals surface area contributed by atoms with Crippen LogP contribution >= 0.6 is 62.5 Å². The Balaban J connectivity index is 0.000000233. The molecule has 3 atom stereocenters. The molecule has 0 bridgehead atoms. The van der Waals surface area contributed by atoms with Crippen LogP contribution in [-0.2, 0) is 39.3 Å². The zero-order valence-electron chi connectivity index (χ0n) is 70.3. The molecule has 2 heterocycles. The third-order valence-electron chi connectivity index (χ3n) is 20.8. The number of benzene rings is 12. The zero-order valence-corrected chi connectivity index (χ0v) is 79.3. The van der Waals surface area contributed by atoms with E-state index in [9.17, 15) is 38.1 Å². The Kier molecular flexibility index (Phi) is 35.0. The molecule has 2 aliphatic rings. The second-order valence-corrected chi connectivity index (χ2v) is 39.8. The van der Waals surface area contributed by atoms with Crippen molar-refractivity contribution < 1.29 is 67.2 Å². The standard InChI is InChI=1S/C46H44ClNO7S2.C22H28FNO3S.C12H8Cl2O2S.C12H10O2.3CH5P/c1-45(2)30-40(31-46(3,4)48(45)5)55-39-20-28-44(29-21-39)57(51,52)43-26-18-38(19-27-43)54-36-14-8-33(9-15-36)32-6-12-35(13-7-32)53-37-16-24-42(25-17-37)56(49,50)41-22-10-34(47)11-23-41;1-21(2)14-18(15-22(3,4)24(21)5)27-17-8-12-20(13-9-17)28(25,26)19-10-6-16(23)7-11-19;13-9-1-5-11(6-2-9)17(15,16)12-7-3-10(14)4-8-12;13-11-5-1-9(2-6-11)10-3-7-12(14)8-4-10;3*1-2/h6-29,40H,30-31H2,1-5H3;6-13,18H,14-15H2,1-5H3;1-8H;1-8,13-14H;3*2H2,1H3. The van der Waals surface area contributed by atoms with Crippen LogP contribution in [0.5, 0.6) is 46.0 Å². The molecule has 27 heteroatoms. The molecule has 12 aromatic carbocycles. The van der Waals surface area contributed by atoms with Crippen LogP contribution in [0.3, 0.4) is 0 Å². The highest BCUT2D eigenvalue weighted by Gasteiger charge is 2.45. The number of hydrogen-bond donors (Lipinski definition) is 2. The van der Waals surface area contributed by atoms with Gasteiger partial charge in [-0.2, -0.15) is 0 Å². The second kappa shape index (κ2) is 43.2. The smallest absolute Gasteiger partial charge is 0.206 e. The van der Waals surface area contributed by atoms with E-state index >= 15 is 0 Å². The first kappa shape index (κ1) is 98.7. The first-order valence-corrected chi connectivity index (χ1v) is 49.3. The molecule has 2 N–H and O–H groups in total. The molecule has 2 fully saturated rings. The van der Waals surface area contributed by atoms with E-state index in [-0.39, 0.29) is 85.0 Å². The summed E-state index contributed by atoms with van der Waals surface area (Å²) in [5, 5.41) is 19.7. The molecular formula is C95H105Cl3FN2O14P3S4. The second-order valence-electron chi connectivity index (χ2n) is 30.7. The number of likely N-dealkylation sites (tertiary alicyclic amines) is 2. The van der Waals surface area contributed by atoms with Crippen molar-refractivity contribution in [2.24, 2.45) is 0 Å². The maximum absolute atomic E-state index is 13.5. The summed E-state index contributed by atoms with van der Waals surface area (Å²) >= 11 is 17.3. The van der Waals surface area contributed by atoms with Gasteiger partial charge < -0.3 is 29.2 Å². The first-order valence-electron chi connectivity index (χ1n) is 38.8. The summed E-state index contributed by atoms with van der Waals surface area (Å²) in [4.78, 5) is 6.13. The molecule has 14 rings (SSSR count). The molecule has 2 aliphatic heterocycles. The maximum Gasteiger partial charge on any atom is 0.206 e. The number of aromatic hydroxyl groups is 2. The summed E-state index contributed by atoms with van der Waals surface area (Å²) in [6, 6.07) is 77.8. The normalized spacial score (nSPS) is 14.9. The van der Waals surface area contributed by atoms with Gasteiger partial charge in [-0.05, 0) is 334 Å². The highest BCUT2D eigenvalue weighted by Crippen LogP contribution is 2.42.